The zero-order chi connectivity index (χ0) is 24.0. The molecule has 0 radical (unpaired) electrons. The van der Waals surface area contributed by atoms with Crippen LogP contribution in [0.1, 0.15) is 5.56 Å². The Balaban J connectivity index is 1.55. The second-order valence-corrected chi connectivity index (χ2v) is 11.8. The Morgan fingerprint density at radius 3 is 2.36 bits per heavy atom. The van der Waals surface area contributed by atoms with Gasteiger partial charge >= 0.3 is 6.18 Å². The first-order chi connectivity index (χ1) is 15.4. The zero-order valence-corrected chi connectivity index (χ0v) is 20.7. The number of hydrogen-bond acceptors (Lipinski definition) is 5. The van der Waals surface area contributed by atoms with Crippen molar-refractivity contribution in [1.82, 2.24) is 4.98 Å². The van der Waals surface area contributed by atoms with Crippen molar-refractivity contribution >= 4 is 83.8 Å². The van der Waals surface area contributed by atoms with Gasteiger partial charge in [-0.1, -0.05) is 46.6 Å². The van der Waals surface area contributed by atoms with Crippen LogP contribution >= 0.6 is 57.9 Å². The number of benzene rings is 3. The lowest BCUT2D eigenvalue weighted by Crippen LogP contribution is -2.14. The Labute approximate surface area is 209 Å². The number of rotatable bonds is 5. The summed E-state index contributed by atoms with van der Waals surface area (Å²) in [6.07, 6.45) is -4.64. The van der Waals surface area contributed by atoms with Gasteiger partial charge in [-0.25, -0.2) is 13.4 Å². The lowest BCUT2D eigenvalue weighted by atomic mass is 10.2. The molecule has 0 amide bonds. The average molecular weight is 570 g/mol. The topological polar surface area (TPSA) is 59.1 Å². The van der Waals surface area contributed by atoms with Gasteiger partial charge < -0.3 is 0 Å². The largest absolute Gasteiger partial charge is 0.416 e. The number of nitrogens with one attached hydrogen (secondary N) is 1. The molecule has 1 N–H and O–H groups in total. The maximum Gasteiger partial charge on any atom is 0.416 e. The van der Waals surface area contributed by atoms with Crippen LogP contribution < -0.4 is 4.72 Å². The van der Waals surface area contributed by atoms with E-state index in [0.29, 0.717) is 22.1 Å². The fourth-order valence-electron chi connectivity index (χ4n) is 2.77. The van der Waals surface area contributed by atoms with Crippen LogP contribution in [0.2, 0.25) is 15.1 Å². The van der Waals surface area contributed by atoms with Crippen LogP contribution in [0.25, 0.3) is 10.2 Å². The maximum absolute atomic E-state index is 12.8. The molecular weight excluding hydrogens is 560 g/mol. The SMILES string of the molecule is O=S(=O)(Nc1ccc(Sc2nc3cc(Cl)ccc3s2)c(Cl)c1)c1ccc(C(F)(F)F)cc1Cl. The number of aromatic nitrogens is 1. The van der Waals surface area contributed by atoms with E-state index in [9.17, 15) is 21.6 Å². The molecule has 3 aromatic carbocycles. The standard InChI is InChI=1S/C20H10Cl3F3N2O2S3/c21-11-2-4-17-15(8-11)27-19(32-17)31-16-5-3-12(9-13(16)22)28-33(29,30)18-6-1-10(7-14(18)23)20(24,25)26/h1-9,28H. The minimum absolute atomic E-state index is 0.122. The van der Waals surface area contributed by atoms with E-state index in [1.165, 1.54) is 35.2 Å². The monoisotopic (exact) mass is 568 g/mol. The van der Waals surface area contributed by atoms with Crippen LogP contribution in [0.5, 0.6) is 0 Å². The number of fused-ring (bicyclic) bond motifs is 1. The molecule has 0 fully saturated rings. The number of nitrogens with zero attached hydrogens (tertiary/aromatic N) is 1. The fourth-order valence-corrected chi connectivity index (χ4v) is 6.83. The third-order valence-corrected chi connectivity index (χ3v) is 8.96. The molecule has 172 valence electrons. The predicted octanol–water partition coefficient (Wildman–Crippen LogP) is 8.23. The molecule has 0 saturated carbocycles. The Morgan fingerprint density at radius 2 is 1.70 bits per heavy atom. The fraction of sp³-hybridized carbons (Fsp3) is 0.0500. The summed E-state index contributed by atoms with van der Waals surface area (Å²) >= 11 is 20.9. The van der Waals surface area contributed by atoms with E-state index in [-0.39, 0.29) is 10.7 Å². The molecular formula is C20H10Cl3F3N2O2S3. The summed E-state index contributed by atoms with van der Waals surface area (Å²) in [5.74, 6) is 0. The second-order valence-electron chi connectivity index (χ2n) is 6.59. The van der Waals surface area contributed by atoms with Gasteiger partial charge in [0.15, 0.2) is 4.34 Å². The van der Waals surface area contributed by atoms with Gasteiger partial charge in [-0.05, 0) is 54.6 Å². The molecule has 0 aliphatic rings. The van der Waals surface area contributed by atoms with E-state index in [2.05, 4.69) is 9.71 Å². The summed E-state index contributed by atoms with van der Waals surface area (Å²) in [4.78, 5) is 4.65. The van der Waals surface area contributed by atoms with Crippen molar-refractivity contribution in [2.45, 2.75) is 20.3 Å². The van der Waals surface area contributed by atoms with E-state index in [1.54, 1.807) is 18.2 Å². The zero-order valence-electron chi connectivity index (χ0n) is 16.0. The van der Waals surface area contributed by atoms with Crippen molar-refractivity contribution in [3.63, 3.8) is 0 Å². The summed E-state index contributed by atoms with van der Waals surface area (Å²) in [6.45, 7) is 0. The van der Waals surface area contributed by atoms with E-state index >= 15 is 0 Å². The molecule has 4 nitrogen and oxygen atoms in total. The quantitative estimate of drug-likeness (QED) is 0.263. The number of sulfonamides is 1. The summed E-state index contributed by atoms with van der Waals surface area (Å²) < 4.78 is 67.7. The van der Waals surface area contributed by atoms with Gasteiger partial charge in [0, 0.05) is 9.92 Å². The lowest BCUT2D eigenvalue weighted by molar-refractivity contribution is -0.137. The predicted molar refractivity (Wildman–Crippen MR) is 127 cm³/mol. The van der Waals surface area contributed by atoms with Gasteiger partial charge in [0.25, 0.3) is 10.0 Å². The first-order valence-corrected chi connectivity index (χ1v) is 13.1. The number of halogens is 6. The molecule has 0 saturated heterocycles. The Kier molecular flexibility index (Phi) is 6.78. The molecule has 4 aromatic rings. The summed E-state index contributed by atoms with van der Waals surface area (Å²) in [5.41, 5.74) is -0.173. The van der Waals surface area contributed by atoms with Gasteiger partial charge in [-0.2, -0.15) is 13.2 Å². The molecule has 1 aromatic heterocycles. The van der Waals surface area contributed by atoms with Crippen LogP contribution in [0.4, 0.5) is 18.9 Å². The van der Waals surface area contributed by atoms with Gasteiger partial charge in [0.05, 0.1) is 31.5 Å². The summed E-state index contributed by atoms with van der Waals surface area (Å²) in [5, 5.41) is 0.287. The van der Waals surface area contributed by atoms with Crippen molar-refractivity contribution in [2.24, 2.45) is 0 Å². The molecule has 0 atom stereocenters. The van der Waals surface area contributed by atoms with E-state index in [1.807, 2.05) is 6.07 Å². The third kappa shape index (κ3) is 5.52. The summed E-state index contributed by atoms with van der Waals surface area (Å²) in [7, 11) is -4.25. The number of hydrogen-bond donors (Lipinski definition) is 1. The van der Waals surface area contributed by atoms with E-state index < -0.39 is 31.7 Å². The summed E-state index contributed by atoms with van der Waals surface area (Å²) in [6, 6.07) is 11.9. The van der Waals surface area contributed by atoms with Crippen LogP contribution in [0, 0.1) is 0 Å². The molecule has 0 spiro atoms. The van der Waals surface area contributed by atoms with Crippen molar-refractivity contribution in [3.05, 3.63) is 75.2 Å². The van der Waals surface area contributed by atoms with Crippen molar-refractivity contribution in [1.29, 1.82) is 0 Å². The number of alkyl halides is 3. The molecule has 0 unspecified atom stereocenters. The highest BCUT2D eigenvalue weighted by molar-refractivity contribution is 8.01. The Bertz CT molecular complexity index is 1470. The normalized spacial score (nSPS) is 12.3. The molecule has 0 aliphatic carbocycles. The highest BCUT2D eigenvalue weighted by Gasteiger charge is 2.32. The molecule has 0 aliphatic heterocycles. The van der Waals surface area contributed by atoms with Crippen molar-refractivity contribution in [3.8, 4) is 0 Å². The molecule has 0 bridgehead atoms. The number of anilines is 1. The minimum atomic E-state index is -4.64. The molecule has 4 rings (SSSR count). The Morgan fingerprint density at radius 1 is 0.939 bits per heavy atom. The van der Waals surface area contributed by atoms with Crippen LogP contribution in [0.3, 0.4) is 0 Å². The Hall–Kier alpha value is -1.69. The van der Waals surface area contributed by atoms with Crippen LogP contribution in [0.15, 0.2) is 68.7 Å². The maximum atomic E-state index is 12.8. The third-order valence-electron chi connectivity index (χ3n) is 4.26. The highest BCUT2D eigenvalue weighted by atomic mass is 35.5. The van der Waals surface area contributed by atoms with Crippen LogP contribution in [-0.4, -0.2) is 13.4 Å². The lowest BCUT2D eigenvalue weighted by Gasteiger charge is -2.13. The second kappa shape index (κ2) is 9.16. The number of thiazole rings is 1. The average Bonchev–Trinajstić information content (AvgIpc) is 3.10. The highest BCUT2D eigenvalue weighted by Crippen LogP contribution is 2.39. The smallest absolute Gasteiger partial charge is 0.280 e. The van der Waals surface area contributed by atoms with Gasteiger partial charge in [0.2, 0.25) is 0 Å². The van der Waals surface area contributed by atoms with Gasteiger partial charge in [0.1, 0.15) is 4.90 Å². The first-order valence-electron chi connectivity index (χ1n) is 8.85. The van der Waals surface area contributed by atoms with Gasteiger partial charge in [-0.3, -0.25) is 4.72 Å². The van der Waals surface area contributed by atoms with Crippen LogP contribution in [-0.2, 0) is 16.2 Å². The van der Waals surface area contributed by atoms with Gasteiger partial charge in [-0.15, -0.1) is 11.3 Å². The molecule has 1 heterocycles. The van der Waals surface area contributed by atoms with Crippen molar-refractivity contribution < 1.29 is 21.6 Å². The van der Waals surface area contributed by atoms with Crippen molar-refractivity contribution in [2.75, 3.05) is 4.72 Å². The van der Waals surface area contributed by atoms with E-state index in [0.717, 1.165) is 20.6 Å². The molecule has 13 heteroatoms. The van der Waals surface area contributed by atoms with E-state index in [4.69, 9.17) is 34.8 Å². The first kappa shape index (κ1) is 24.4. The molecule has 33 heavy (non-hydrogen) atoms. The minimum Gasteiger partial charge on any atom is -0.280 e.